The number of imidazole rings is 1. The predicted octanol–water partition coefficient (Wildman–Crippen LogP) is 6.43. The number of methoxy groups -OCH3 is 1. The van der Waals surface area contributed by atoms with Gasteiger partial charge in [0, 0.05) is 32.7 Å². The van der Waals surface area contributed by atoms with Crippen LogP contribution in [0.5, 0.6) is 0 Å². The molecule has 0 amide bonds. The number of hydrogen-bond donors (Lipinski definition) is 1. The molecule has 0 atom stereocenters. The monoisotopic (exact) mass is 547 g/mol. The normalized spacial score (nSPS) is 14.5. The molecule has 7 heteroatoms. The lowest BCUT2D eigenvalue weighted by atomic mass is 10.1. The minimum atomic E-state index is -0.314. The molecule has 218 valence electrons. The van der Waals surface area contributed by atoms with Crippen molar-refractivity contribution in [2.45, 2.75) is 73.0 Å². The van der Waals surface area contributed by atoms with Crippen LogP contribution in [0.3, 0.4) is 0 Å². The highest BCUT2D eigenvalue weighted by Crippen LogP contribution is 2.24. The number of rotatable bonds is 14. The predicted molar refractivity (Wildman–Crippen MR) is 165 cm³/mol. The molecule has 1 aliphatic rings. The molecule has 4 rings (SSSR count). The molecule has 0 saturated carbocycles. The smallest absolute Gasteiger partial charge is 0.337 e. The number of ether oxygens (including phenoxy) is 1. The summed E-state index contributed by atoms with van der Waals surface area (Å²) in [6, 6.07) is 14.4. The molecule has 1 saturated heterocycles. The summed E-state index contributed by atoms with van der Waals surface area (Å²) in [5.41, 5.74) is 5.24. The molecule has 7 nitrogen and oxygen atoms in total. The van der Waals surface area contributed by atoms with Crippen LogP contribution in [0.1, 0.15) is 74.9 Å². The Labute approximate surface area is 240 Å². The van der Waals surface area contributed by atoms with E-state index in [1.165, 1.54) is 50.5 Å². The molecule has 1 N–H and O–H groups in total. The second kappa shape index (κ2) is 14.6. The van der Waals surface area contributed by atoms with Crippen molar-refractivity contribution in [1.29, 1.82) is 0 Å². The minimum absolute atomic E-state index is 0.314. The number of esters is 1. The molecule has 2 heterocycles. The fourth-order valence-electron chi connectivity index (χ4n) is 5.82. The van der Waals surface area contributed by atoms with E-state index in [1.54, 1.807) is 0 Å². The lowest BCUT2D eigenvalue weighted by molar-refractivity contribution is 0.0600. The van der Waals surface area contributed by atoms with Gasteiger partial charge in [-0.05, 0) is 86.1 Å². The van der Waals surface area contributed by atoms with Gasteiger partial charge in [-0.2, -0.15) is 0 Å². The first kappa shape index (κ1) is 30.1. The number of hydrogen-bond acceptors (Lipinski definition) is 6. The van der Waals surface area contributed by atoms with Crippen LogP contribution in [0.15, 0.2) is 42.5 Å². The van der Waals surface area contributed by atoms with Gasteiger partial charge in [-0.25, -0.2) is 9.78 Å². The van der Waals surface area contributed by atoms with Crippen molar-refractivity contribution >= 4 is 23.0 Å². The Bertz CT molecular complexity index is 1200. The molecule has 40 heavy (non-hydrogen) atoms. The Morgan fingerprint density at radius 2 is 1.62 bits per heavy atom. The average molecular weight is 548 g/mol. The lowest BCUT2D eigenvalue weighted by Crippen LogP contribution is -2.31. The van der Waals surface area contributed by atoms with E-state index in [2.05, 4.69) is 65.6 Å². The van der Waals surface area contributed by atoms with Gasteiger partial charge in [-0.3, -0.25) is 4.90 Å². The molecule has 0 aliphatic carbocycles. The quantitative estimate of drug-likeness (QED) is 0.235. The minimum Gasteiger partial charge on any atom is -0.465 e. The fraction of sp³-hybridized carbons (Fsp3) is 0.576. The number of fused-ring (bicyclic) bond motifs is 1. The van der Waals surface area contributed by atoms with E-state index >= 15 is 0 Å². The molecule has 1 aliphatic heterocycles. The molecule has 0 spiro atoms. The molecule has 2 aromatic carbocycles. The SMILES string of the molecule is COC(=O)c1ccc(CNc2nc3ccc(CN(CC(C)C)CC(C)C)cc3n2CCCN2CCCCC2)cc1. The standard InChI is InChI=1S/C33H49N5O2/c1-25(2)22-37(23-26(3)4)24-28-12-15-30-31(20-28)38(19-9-18-36-16-7-6-8-17-36)33(35-30)34-21-27-10-13-29(14-11-27)32(39)40-5/h10-15,20,25-26H,6-9,16-19,21-24H2,1-5H3,(H,34,35). The number of nitrogens with zero attached hydrogens (tertiary/aromatic N) is 4. The van der Waals surface area contributed by atoms with E-state index in [0.29, 0.717) is 23.9 Å². The summed E-state index contributed by atoms with van der Waals surface area (Å²) >= 11 is 0. The summed E-state index contributed by atoms with van der Waals surface area (Å²) in [5.74, 6) is 1.87. The van der Waals surface area contributed by atoms with E-state index in [1.807, 2.05) is 24.3 Å². The highest BCUT2D eigenvalue weighted by atomic mass is 16.5. The number of likely N-dealkylation sites (tertiary alicyclic amines) is 1. The van der Waals surface area contributed by atoms with Gasteiger partial charge in [0.2, 0.25) is 5.95 Å². The summed E-state index contributed by atoms with van der Waals surface area (Å²) in [4.78, 5) is 22.0. The van der Waals surface area contributed by atoms with Gasteiger partial charge in [0.05, 0.1) is 23.7 Å². The Balaban J connectivity index is 1.54. The fourth-order valence-corrected chi connectivity index (χ4v) is 5.82. The van der Waals surface area contributed by atoms with Crippen molar-refractivity contribution in [3.63, 3.8) is 0 Å². The van der Waals surface area contributed by atoms with Crippen LogP contribution in [0.25, 0.3) is 11.0 Å². The average Bonchev–Trinajstić information content (AvgIpc) is 3.28. The van der Waals surface area contributed by atoms with Crippen LogP contribution in [0.4, 0.5) is 5.95 Å². The zero-order chi connectivity index (χ0) is 28.5. The molecular formula is C33H49N5O2. The van der Waals surface area contributed by atoms with Crippen molar-refractivity contribution < 1.29 is 9.53 Å². The van der Waals surface area contributed by atoms with E-state index in [0.717, 1.165) is 56.2 Å². The van der Waals surface area contributed by atoms with Crippen LogP contribution in [-0.2, 0) is 24.4 Å². The third kappa shape index (κ3) is 8.55. The second-order valence-electron chi connectivity index (χ2n) is 12.2. The Morgan fingerprint density at radius 1 is 0.950 bits per heavy atom. The summed E-state index contributed by atoms with van der Waals surface area (Å²) < 4.78 is 7.21. The number of carbonyl (C=O) groups is 1. The zero-order valence-corrected chi connectivity index (χ0v) is 25.3. The van der Waals surface area contributed by atoms with Crippen LogP contribution >= 0.6 is 0 Å². The molecule has 0 radical (unpaired) electrons. The number of nitrogens with one attached hydrogen (secondary N) is 1. The molecular weight excluding hydrogens is 498 g/mol. The summed E-state index contributed by atoms with van der Waals surface area (Å²) in [7, 11) is 1.41. The summed E-state index contributed by atoms with van der Waals surface area (Å²) in [6.45, 7) is 17.5. The van der Waals surface area contributed by atoms with Crippen LogP contribution in [0, 0.1) is 11.8 Å². The van der Waals surface area contributed by atoms with Crippen molar-refractivity contribution in [1.82, 2.24) is 19.4 Å². The third-order valence-corrected chi connectivity index (χ3v) is 7.60. The Hall–Kier alpha value is -2.90. The van der Waals surface area contributed by atoms with Gasteiger partial charge < -0.3 is 19.5 Å². The number of piperidine rings is 1. The maximum absolute atomic E-state index is 11.8. The van der Waals surface area contributed by atoms with Gasteiger partial charge in [0.1, 0.15) is 0 Å². The third-order valence-electron chi connectivity index (χ3n) is 7.60. The van der Waals surface area contributed by atoms with Crippen molar-refractivity contribution in [3.05, 3.63) is 59.2 Å². The number of anilines is 1. The Morgan fingerprint density at radius 3 is 2.27 bits per heavy atom. The van der Waals surface area contributed by atoms with E-state index < -0.39 is 0 Å². The number of aryl methyl sites for hydroxylation is 1. The highest BCUT2D eigenvalue weighted by molar-refractivity contribution is 5.89. The maximum Gasteiger partial charge on any atom is 0.337 e. The molecule has 0 unspecified atom stereocenters. The van der Waals surface area contributed by atoms with Gasteiger partial charge in [0.25, 0.3) is 0 Å². The van der Waals surface area contributed by atoms with E-state index in [9.17, 15) is 4.79 Å². The first-order valence-electron chi connectivity index (χ1n) is 15.2. The Kier molecular flexibility index (Phi) is 11.0. The first-order chi connectivity index (χ1) is 19.3. The van der Waals surface area contributed by atoms with Gasteiger partial charge in [-0.15, -0.1) is 0 Å². The second-order valence-corrected chi connectivity index (χ2v) is 12.2. The van der Waals surface area contributed by atoms with Gasteiger partial charge in [0.15, 0.2) is 0 Å². The molecule has 1 fully saturated rings. The van der Waals surface area contributed by atoms with Gasteiger partial charge in [-0.1, -0.05) is 52.3 Å². The zero-order valence-electron chi connectivity index (χ0n) is 25.3. The van der Waals surface area contributed by atoms with Crippen LogP contribution < -0.4 is 5.32 Å². The number of carbonyl (C=O) groups excluding carboxylic acids is 1. The highest BCUT2D eigenvalue weighted by Gasteiger charge is 2.16. The number of benzene rings is 2. The topological polar surface area (TPSA) is 62.6 Å². The largest absolute Gasteiger partial charge is 0.465 e. The molecule has 3 aromatic rings. The van der Waals surface area contributed by atoms with Crippen LogP contribution in [0.2, 0.25) is 0 Å². The van der Waals surface area contributed by atoms with Gasteiger partial charge >= 0.3 is 5.97 Å². The lowest BCUT2D eigenvalue weighted by Gasteiger charge is -2.26. The van der Waals surface area contributed by atoms with Crippen molar-refractivity contribution in [2.24, 2.45) is 11.8 Å². The summed E-state index contributed by atoms with van der Waals surface area (Å²) in [5, 5.41) is 3.59. The number of aromatic nitrogens is 2. The maximum atomic E-state index is 11.8. The summed E-state index contributed by atoms with van der Waals surface area (Å²) in [6.07, 6.45) is 5.11. The van der Waals surface area contributed by atoms with Crippen molar-refractivity contribution in [3.8, 4) is 0 Å². The first-order valence-corrected chi connectivity index (χ1v) is 15.2. The van der Waals surface area contributed by atoms with Crippen molar-refractivity contribution in [2.75, 3.05) is 45.2 Å². The van der Waals surface area contributed by atoms with E-state index in [-0.39, 0.29) is 5.97 Å². The molecule has 0 bridgehead atoms. The molecule has 1 aromatic heterocycles. The van der Waals surface area contributed by atoms with Crippen LogP contribution in [-0.4, -0.2) is 65.2 Å². The van der Waals surface area contributed by atoms with E-state index in [4.69, 9.17) is 9.72 Å².